The molecule has 0 aliphatic heterocycles. The smallest absolute Gasteiger partial charge is 0.249 e. The molecule has 0 aromatic rings. The molecule has 0 bridgehead atoms. The predicted octanol–water partition coefficient (Wildman–Crippen LogP) is 1.95. The maximum absolute atomic E-state index is 11.2. The highest BCUT2D eigenvalue weighted by Gasteiger charge is 2.31. The summed E-state index contributed by atoms with van der Waals surface area (Å²) < 4.78 is 0. The SMILES string of the molecule is CCC(C)(CC(C)C)C(=O)NO. The summed E-state index contributed by atoms with van der Waals surface area (Å²) in [7, 11) is 0. The number of carbonyl (C=O) groups excluding carboxylic acids is 1. The predicted molar refractivity (Wildman–Crippen MR) is 47.8 cm³/mol. The second-order valence-electron chi connectivity index (χ2n) is 3.95. The molecule has 1 amide bonds. The van der Waals surface area contributed by atoms with Crippen LogP contribution in [0.3, 0.4) is 0 Å². The van der Waals surface area contributed by atoms with Gasteiger partial charge >= 0.3 is 0 Å². The van der Waals surface area contributed by atoms with Gasteiger partial charge in [-0.2, -0.15) is 0 Å². The van der Waals surface area contributed by atoms with Crippen LogP contribution in [0.25, 0.3) is 0 Å². The van der Waals surface area contributed by atoms with Crippen molar-refractivity contribution in [3.63, 3.8) is 0 Å². The number of nitrogens with one attached hydrogen (secondary N) is 1. The van der Waals surface area contributed by atoms with E-state index < -0.39 is 5.41 Å². The van der Waals surface area contributed by atoms with Crippen LogP contribution in [-0.4, -0.2) is 11.1 Å². The first-order chi connectivity index (χ1) is 5.46. The summed E-state index contributed by atoms with van der Waals surface area (Å²) in [6.07, 6.45) is 1.55. The third-order valence-corrected chi connectivity index (χ3v) is 2.29. The first-order valence-electron chi connectivity index (χ1n) is 4.40. The van der Waals surface area contributed by atoms with Crippen molar-refractivity contribution in [2.24, 2.45) is 11.3 Å². The number of carbonyl (C=O) groups is 1. The van der Waals surface area contributed by atoms with Crippen molar-refractivity contribution in [3.05, 3.63) is 0 Å². The Labute approximate surface area is 74.1 Å². The fraction of sp³-hybridized carbons (Fsp3) is 0.889. The standard InChI is InChI=1S/C9H19NO2/c1-5-9(4,6-7(2)3)8(11)10-12/h7,12H,5-6H2,1-4H3,(H,10,11). The zero-order valence-electron chi connectivity index (χ0n) is 8.35. The number of hydroxylamine groups is 1. The molecule has 12 heavy (non-hydrogen) atoms. The molecule has 0 saturated heterocycles. The molecule has 2 N–H and O–H groups in total. The van der Waals surface area contributed by atoms with Crippen LogP contribution in [0.2, 0.25) is 0 Å². The fourth-order valence-corrected chi connectivity index (χ4v) is 1.43. The van der Waals surface area contributed by atoms with Crippen LogP contribution in [0.4, 0.5) is 0 Å². The molecule has 0 radical (unpaired) electrons. The van der Waals surface area contributed by atoms with Crippen LogP contribution in [0.1, 0.15) is 40.5 Å². The van der Waals surface area contributed by atoms with Gasteiger partial charge in [0.1, 0.15) is 0 Å². The summed E-state index contributed by atoms with van der Waals surface area (Å²) in [5, 5.41) is 8.51. The molecule has 0 aliphatic rings. The molecule has 0 heterocycles. The lowest BCUT2D eigenvalue weighted by Crippen LogP contribution is -2.37. The van der Waals surface area contributed by atoms with E-state index >= 15 is 0 Å². The second kappa shape index (κ2) is 4.45. The molecule has 0 saturated carbocycles. The molecule has 0 aliphatic carbocycles. The highest BCUT2D eigenvalue weighted by atomic mass is 16.5. The van der Waals surface area contributed by atoms with Crippen molar-refractivity contribution in [1.82, 2.24) is 5.48 Å². The fourth-order valence-electron chi connectivity index (χ4n) is 1.43. The highest BCUT2D eigenvalue weighted by Crippen LogP contribution is 2.29. The third kappa shape index (κ3) is 2.81. The van der Waals surface area contributed by atoms with Gasteiger partial charge < -0.3 is 0 Å². The van der Waals surface area contributed by atoms with E-state index in [0.29, 0.717) is 5.92 Å². The van der Waals surface area contributed by atoms with E-state index in [1.54, 1.807) is 5.48 Å². The van der Waals surface area contributed by atoms with Crippen LogP contribution in [0.5, 0.6) is 0 Å². The third-order valence-electron chi connectivity index (χ3n) is 2.29. The minimum atomic E-state index is -0.428. The average Bonchev–Trinajstić information content (AvgIpc) is 2.01. The van der Waals surface area contributed by atoms with E-state index in [1.165, 1.54) is 0 Å². The van der Waals surface area contributed by atoms with E-state index in [9.17, 15) is 4.79 Å². The molecule has 0 aromatic carbocycles. The average molecular weight is 173 g/mol. The Bertz CT molecular complexity index is 157. The van der Waals surface area contributed by atoms with Crippen molar-refractivity contribution >= 4 is 5.91 Å². The summed E-state index contributed by atoms with van der Waals surface area (Å²) in [6.45, 7) is 7.97. The Morgan fingerprint density at radius 2 is 2.08 bits per heavy atom. The molecule has 1 unspecified atom stereocenters. The van der Waals surface area contributed by atoms with Crippen LogP contribution >= 0.6 is 0 Å². The number of rotatable bonds is 4. The van der Waals surface area contributed by atoms with Crippen LogP contribution < -0.4 is 5.48 Å². The summed E-state index contributed by atoms with van der Waals surface area (Å²) in [5.74, 6) is 0.186. The number of amides is 1. The van der Waals surface area contributed by atoms with Gasteiger partial charge in [-0.25, -0.2) is 5.48 Å². The molecule has 0 aromatic heterocycles. The molecule has 1 atom stereocenters. The van der Waals surface area contributed by atoms with Crippen molar-refractivity contribution in [2.75, 3.05) is 0 Å². The van der Waals surface area contributed by atoms with Crippen molar-refractivity contribution in [2.45, 2.75) is 40.5 Å². The van der Waals surface area contributed by atoms with Gasteiger partial charge in [-0.3, -0.25) is 10.0 Å². The van der Waals surface area contributed by atoms with Gasteiger partial charge in [-0.15, -0.1) is 0 Å². The van der Waals surface area contributed by atoms with Gasteiger partial charge in [-0.05, 0) is 18.8 Å². The lowest BCUT2D eigenvalue weighted by atomic mass is 9.79. The molecule has 3 heteroatoms. The van der Waals surface area contributed by atoms with Gasteiger partial charge in [0.15, 0.2) is 0 Å². The van der Waals surface area contributed by atoms with Crippen molar-refractivity contribution in [1.29, 1.82) is 0 Å². The maximum atomic E-state index is 11.2. The Hall–Kier alpha value is -0.570. The summed E-state index contributed by atoms with van der Waals surface area (Å²) >= 11 is 0. The van der Waals surface area contributed by atoms with Crippen LogP contribution in [-0.2, 0) is 4.79 Å². The summed E-state index contributed by atoms with van der Waals surface area (Å²) in [4.78, 5) is 11.2. The first-order valence-corrected chi connectivity index (χ1v) is 4.40. The van der Waals surface area contributed by atoms with Crippen LogP contribution in [0, 0.1) is 11.3 Å². The van der Waals surface area contributed by atoms with Gasteiger partial charge in [0.2, 0.25) is 5.91 Å². The summed E-state index contributed by atoms with van der Waals surface area (Å²) in [5.41, 5.74) is 1.30. The van der Waals surface area contributed by atoms with Gasteiger partial charge in [-0.1, -0.05) is 27.7 Å². The second-order valence-corrected chi connectivity index (χ2v) is 3.95. The minimum absolute atomic E-state index is 0.279. The largest absolute Gasteiger partial charge is 0.289 e. The van der Waals surface area contributed by atoms with E-state index in [-0.39, 0.29) is 5.91 Å². The van der Waals surface area contributed by atoms with E-state index in [0.717, 1.165) is 12.8 Å². The molecule has 3 nitrogen and oxygen atoms in total. The van der Waals surface area contributed by atoms with Crippen LogP contribution in [0.15, 0.2) is 0 Å². The van der Waals surface area contributed by atoms with Crippen molar-refractivity contribution < 1.29 is 10.0 Å². The topological polar surface area (TPSA) is 49.3 Å². The summed E-state index contributed by atoms with van der Waals surface area (Å²) in [6, 6.07) is 0. The Morgan fingerprint density at radius 1 is 1.58 bits per heavy atom. The van der Waals surface area contributed by atoms with Gasteiger partial charge in [0, 0.05) is 5.41 Å². The van der Waals surface area contributed by atoms with E-state index in [4.69, 9.17) is 5.21 Å². The monoisotopic (exact) mass is 173 g/mol. The first kappa shape index (κ1) is 11.4. The molecule has 72 valence electrons. The lowest BCUT2D eigenvalue weighted by Gasteiger charge is -2.27. The molecule has 0 fully saturated rings. The normalized spacial score (nSPS) is 15.8. The van der Waals surface area contributed by atoms with E-state index in [1.807, 2.05) is 13.8 Å². The molecular formula is C9H19NO2. The molecule has 0 rings (SSSR count). The maximum Gasteiger partial charge on any atom is 0.249 e. The molecular weight excluding hydrogens is 154 g/mol. The van der Waals surface area contributed by atoms with Crippen molar-refractivity contribution in [3.8, 4) is 0 Å². The van der Waals surface area contributed by atoms with Gasteiger partial charge in [0.05, 0.1) is 0 Å². The Kier molecular flexibility index (Phi) is 4.24. The molecule has 0 spiro atoms. The Balaban J connectivity index is 4.33. The zero-order chi connectivity index (χ0) is 9.78. The quantitative estimate of drug-likeness (QED) is 0.504. The number of hydrogen-bond donors (Lipinski definition) is 2. The zero-order valence-corrected chi connectivity index (χ0v) is 8.35. The Morgan fingerprint density at radius 3 is 2.33 bits per heavy atom. The number of hydrogen-bond acceptors (Lipinski definition) is 2. The van der Waals surface area contributed by atoms with Gasteiger partial charge in [0.25, 0.3) is 0 Å². The lowest BCUT2D eigenvalue weighted by molar-refractivity contribution is -0.140. The van der Waals surface area contributed by atoms with E-state index in [2.05, 4.69) is 13.8 Å². The highest BCUT2D eigenvalue weighted by molar-refractivity contribution is 5.80. The minimum Gasteiger partial charge on any atom is -0.289 e.